The Morgan fingerprint density at radius 1 is 0.941 bits per heavy atom. The molecule has 2 aliphatic rings. The molecule has 0 spiro atoms. The van der Waals surface area contributed by atoms with Crippen molar-refractivity contribution in [2.24, 2.45) is 0 Å². The molecule has 0 bridgehead atoms. The number of carbonyl (C=O) groups is 1. The first kappa shape index (κ1) is 22.4. The van der Waals surface area contributed by atoms with Crippen molar-refractivity contribution in [1.82, 2.24) is 4.72 Å². The van der Waals surface area contributed by atoms with E-state index in [2.05, 4.69) is 10.0 Å². The standard InChI is InChI=1S/C24H20F3N3O3S/c25-24(26,27)17-5-3-4-16(12-17)15-8-10-19(11-9-15)34(32,33)29-18-13-22-23(31)28-20-6-1-2-7-21(20)30(22)14-18/h1-12,18,22,29H,13-14H2,(H,28,31). The SMILES string of the molecule is O=C1Nc2ccccc2N2CC(NS(=O)(=O)c3ccc(-c4cccc(C(F)(F)F)c4)cc3)CC12. The molecule has 0 aliphatic carbocycles. The van der Waals surface area contributed by atoms with Crippen LogP contribution in [-0.4, -0.2) is 33.0 Å². The predicted molar refractivity (Wildman–Crippen MR) is 122 cm³/mol. The van der Waals surface area contributed by atoms with E-state index in [9.17, 15) is 26.4 Å². The normalized spacial score (nSPS) is 20.0. The quantitative estimate of drug-likeness (QED) is 0.577. The van der Waals surface area contributed by atoms with Crippen LogP contribution in [0.2, 0.25) is 0 Å². The molecule has 0 radical (unpaired) electrons. The van der Waals surface area contributed by atoms with Gasteiger partial charge in [-0.05, 0) is 53.9 Å². The van der Waals surface area contributed by atoms with Gasteiger partial charge in [-0.15, -0.1) is 0 Å². The number of hydrogen-bond donors (Lipinski definition) is 2. The molecule has 2 N–H and O–H groups in total. The molecule has 1 saturated heterocycles. The van der Waals surface area contributed by atoms with Crippen molar-refractivity contribution in [3.63, 3.8) is 0 Å². The first-order valence-corrected chi connectivity index (χ1v) is 12.1. The highest BCUT2D eigenvalue weighted by atomic mass is 32.2. The van der Waals surface area contributed by atoms with Gasteiger partial charge in [-0.1, -0.05) is 36.4 Å². The van der Waals surface area contributed by atoms with Crippen LogP contribution >= 0.6 is 0 Å². The van der Waals surface area contributed by atoms with Crippen molar-refractivity contribution >= 4 is 27.3 Å². The summed E-state index contributed by atoms with van der Waals surface area (Å²) in [7, 11) is -3.90. The van der Waals surface area contributed by atoms with Crippen molar-refractivity contribution in [2.75, 3.05) is 16.8 Å². The lowest BCUT2D eigenvalue weighted by molar-refractivity contribution is -0.137. The van der Waals surface area contributed by atoms with Crippen LogP contribution < -0.4 is 14.9 Å². The Labute approximate surface area is 194 Å². The van der Waals surface area contributed by atoms with Gasteiger partial charge in [-0.2, -0.15) is 13.2 Å². The molecule has 34 heavy (non-hydrogen) atoms. The van der Waals surface area contributed by atoms with Gasteiger partial charge in [0.1, 0.15) is 6.04 Å². The monoisotopic (exact) mass is 487 g/mol. The number of alkyl halides is 3. The molecule has 3 aromatic rings. The Morgan fingerprint density at radius 2 is 1.68 bits per heavy atom. The van der Waals surface area contributed by atoms with Crippen molar-refractivity contribution in [3.05, 3.63) is 78.4 Å². The van der Waals surface area contributed by atoms with Crippen LogP contribution in [0.1, 0.15) is 12.0 Å². The molecule has 3 aromatic carbocycles. The molecule has 10 heteroatoms. The molecule has 0 aromatic heterocycles. The van der Waals surface area contributed by atoms with Crippen molar-refractivity contribution in [3.8, 4) is 11.1 Å². The summed E-state index contributed by atoms with van der Waals surface area (Å²) in [5, 5.41) is 2.85. The number of carbonyl (C=O) groups excluding carboxylic acids is 1. The Bertz CT molecular complexity index is 1360. The molecule has 6 nitrogen and oxygen atoms in total. The highest BCUT2D eigenvalue weighted by Gasteiger charge is 2.42. The summed E-state index contributed by atoms with van der Waals surface area (Å²) in [5.41, 5.74) is 1.57. The molecular weight excluding hydrogens is 467 g/mol. The fraction of sp³-hybridized carbons (Fsp3) is 0.208. The number of halogens is 3. The maximum atomic E-state index is 13.0. The topological polar surface area (TPSA) is 78.5 Å². The lowest BCUT2D eigenvalue weighted by Gasteiger charge is -2.32. The number of sulfonamides is 1. The largest absolute Gasteiger partial charge is 0.416 e. The minimum atomic E-state index is -4.46. The van der Waals surface area contributed by atoms with Gasteiger partial charge in [0.15, 0.2) is 0 Å². The van der Waals surface area contributed by atoms with Crippen LogP contribution in [0.3, 0.4) is 0 Å². The zero-order chi connectivity index (χ0) is 24.1. The van der Waals surface area contributed by atoms with E-state index in [0.29, 0.717) is 29.8 Å². The fourth-order valence-corrected chi connectivity index (χ4v) is 5.71. The predicted octanol–water partition coefficient (Wildman–Crippen LogP) is 4.25. The zero-order valence-electron chi connectivity index (χ0n) is 17.7. The Morgan fingerprint density at radius 3 is 2.41 bits per heavy atom. The second-order valence-electron chi connectivity index (χ2n) is 8.33. The number of para-hydroxylation sites is 2. The van der Waals surface area contributed by atoms with Crippen LogP contribution in [0.15, 0.2) is 77.7 Å². The summed E-state index contributed by atoms with van der Waals surface area (Å²) < 4.78 is 67.6. The smallest absolute Gasteiger partial charge is 0.356 e. The first-order valence-electron chi connectivity index (χ1n) is 10.6. The molecule has 1 fully saturated rings. The third-order valence-electron chi connectivity index (χ3n) is 6.08. The van der Waals surface area contributed by atoms with Crippen molar-refractivity contribution in [2.45, 2.75) is 29.6 Å². The van der Waals surface area contributed by atoms with E-state index >= 15 is 0 Å². The molecular formula is C24H20F3N3O3S. The Hall–Kier alpha value is -3.37. The first-order chi connectivity index (χ1) is 16.1. The van der Waals surface area contributed by atoms with E-state index in [0.717, 1.165) is 17.8 Å². The van der Waals surface area contributed by atoms with Gasteiger partial charge in [-0.3, -0.25) is 4.79 Å². The molecule has 2 unspecified atom stereocenters. The molecule has 2 heterocycles. The molecule has 176 valence electrons. The average molecular weight is 488 g/mol. The van der Waals surface area contributed by atoms with Crippen LogP contribution in [0.5, 0.6) is 0 Å². The number of rotatable bonds is 4. The number of amides is 1. The molecule has 5 rings (SSSR count). The lowest BCUT2D eigenvalue weighted by Crippen LogP contribution is -2.44. The van der Waals surface area contributed by atoms with Crippen molar-refractivity contribution in [1.29, 1.82) is 0 Å². The van der Waals surface area contributed by atoms with Gasteiger partial charge in [-0.25, -0.2) is 13.1 Å². The van der Waals surface area contributed by atoms with E-state index in [4.69, 9.17) is 0 Å². The molecule has 2 atom stereocenters. The lowest BCUT2D eigenvalue weighted by atomic mass is 10.0. The number of nitrogens with zero attached hydrogens (tertiary/aromatic N) is 1. The van der Waals surface area contributed by atoms with E-state index in [1.165, 1.54) is 36.4 Å². The summed E-state index contributed by atoms with van der Waals surface area (Å²) in [6.07, 6.45) is -4.14. The Kier molecular flexibility index (Phi) is 5.37. The summed E-state index contributed by atoms with van der Waals surface area (Å²) in [6, 6.07) is 17.0. The summed E-state index contributed by atoms with van der Waals surface area (Å²) >= 11 is 0. The van der Waals surface area contributed by atoms with Crippen LogP contribution in [-0.2, 0) is 21.0 Å². The number of hydrogen-bond acceptors (Lipinski definition) is 4. The van der Waals surface area contributed by atoms with E-state index in [1.807, 2.05) is 23.1 Å². The maximum Gasteiger partial charge on any atom is 0.416 e. The van der Waals surface area contributed by atoms with Gasteiger partial charge < -0.3 is 10.2 Å². The van der Waals surface area contributed by atoms with Gasteiger partial charge >= 0.3 is 6.18 Å². The van der Waals surface area contributed by atoms with E-state index in [-0.39, 0.29) is 10.8 Å². The minimum absolute atomic E-state index is 0.00190. The number of fused-ring (bicyclic) bond motifs is 3. The summed E-state index contributed by atoms with van der Waals surface area (Å²) in [6.45, 7) is 0.344. The third-order valence-corrected chi connectivity index (χ3v) is 7.62. The van der Waals surface area contributed by atoms with Crippen LogP contribution in [0, 0.1) is 0 Å². The minimum Gasteiger partial charge on any atom is -0.356 e. The highest BCUT2D eigenvalue weighted by Crippen LogP contribution is 2.37. The molecule has 1 amide bonds. The molecule has 2 aliphatic heterocycles. The number of nitrogens with one attached hydrogen (secondary N) is 2. The van der Waals surface area contributed by atoms with E-state index in [1.54, 1.807) is 6.07 Å². The third kappa shape index (κ3) is 4.14. The van der Waals surface area contributed by atoms with Crippen molar-refractivity contribution < 1.29 is 26.4 Å². The van der Waals surface area contributed by atoms with Gasteiger partial charge in [0.2, 0.25) is 15.9 Å². The maximum absolute atomic E-state index is 13.0. The van der Waals surface area contributed by atoms with E-state index < -0.39 is 33.8 Å². The number of anilines is 2. The van der Waals surface area contributed by atoms with Gasteiger partial charge in [0.25, 0.3) is 0 Å². The molecule has 0 saturated carbocycles. The zero-order valence-corrected chi connectivity index (χ0v) is 18.5. The summed E-state index contributed by atoms with van der Waals surface area (Å²) in [5.74, 6) is -0.175. The highest BCUT2D eigenvalue weighted by molar-refractivity contribution is 7.89. The summed E-state index contributed by atoms with van der Waals surface area (Å²) in [4.78, 5) is 14.4. The second kappa shape index (κ2) is 8.14. The Balaban J connectivity index is 1.33. The van der Waals surface area contributed by atoms with Gasteiger partial charge in [0.05, 0.1) is 21.8 Å². The van der Waals surface area contributed by atoms with Gasteiger partial charge in [0, 0.05) is 12.6 Å². The average Bonchev–Trinajstić information content (AvgIpc) is 3.23. The van der Waals surface area contributed by atoms with Crippen LogP contribution in [0.4, 0.5) is 24.5 Å². The second-order valence-corrected chi connectivity index (χ2v) is 10.0. The van der Waals surface area contributed by atoms with Crippen LogP contribution in [0.25, 0.3) is 11.1 Å². The number of benzene rings is 3. The fourth-order valence-electron chi connectivity index (χ4n) is 4.47.